The van der Waals surface area contributed by atoms with Crippen LogP contribution in [0.3, 0.4) is 0 Å². The average molecular weight is 239 g/mol. The number of rotatable bonds is 2. The number of anilines is 1. The third-order valence-corrected chi connectivity index (χ3v) is 5.16. The van der Waals surface area contributed by atoms with Crippen LogP contribution in [0.5, 0.6) is 0 Å². The highest BCUT2D eigenvalue weighted by Gasteiger charge is 2.49. The van der Waals surface area contributed by atoms with Crippen LogP contribution in [0.25, 0.3) is 0 Å². The summed E-state index contributed by atoms with van der Waals surface area (Å²) in [7, 11) is -3.07. The van der Waals surface area contributed by atoms with E-state index in [4.69, 9.17) is 9.05 Å². The van der Waals surface area contributed by atoms with E-state index in [1.165, 1.54) is 5.56 Å². The van der Waals surface area contributed by atoms with E-state index in [2.05, 4.69) is 6.07 Å². The van der Waals surface area contributed by atoms with Gasteiger partial charge in [-0.3, -0.25) is 13.7 Å². The fraction of sp³-hybridized carbons (Fsp3) is 0.455. The molecule has 4 nitrogen and oxygen atoms in total. The van der Waals surface area contributed by atoms with Gasteiger partial charge in [-0.25, -0.2) is 4.57 Å². The van der Waals surface area contributed by atoms with E-state index in [1.807, 2.05) is 29.8 Å². The van der Waals surface area contributed by atoms with Gasteiger partial charge in [0.2, 0.25) is 0 Å². The molecular weight excluding hydrogens is 225 g/mol. The largest absolute Gasteiger partial charge is 0.435 e. The summed E-state index contributed by atoms with van der Waals surface area (Å²) in [5.41, 5.74) is 2.23. The third-order valence-electron chi connectivity index (χ3n) is 3.03. The van der Waals surface area contributed by atoms with Crippen molar-refractivity contribution in [1.82, 2.24) is 0 Å². The van der Waals surface area contributed by atoms with E-state index in [1.54, 1.807) is 0 Å². The van der Waals surface area contributed by atoms with Crippen molar-refractivity contribution in [2.75, 3.05) is 17.9 Å². The first-order valence-electron chi connectivity index (χ1n) is 5.51. The summed E-state index contributed by atoms with van der Waals surface area (Å²) in [5.74, 6) is 0. The molecule has 2 aliphatic rings. The van der Waals surface area contributed by atoms with Crippen LogP contribution in [0.4, 0.5) is 5.69 Å². The summed E-state index contributed by atoms with van der Waals surface area (Å²) < 4.78 is 25.0. The molecule has 86 valence electrons. The Kier molecular flexibility index (Phi) is 2.32. The lowest BCUT2D eigenvalue weighted by molar-refractivity contribution is 0.235. The molecule has 2 atom stereocenters. The maximum Gasteiger partial charge on any atom is 0.435 e. The zero-order valence-electron chi connectivity index (χ0n) is 9.13. The smallest absolute Gasteiger partial charge is 0.292 e. The summed E-state index contributed by atoms with van der Waals surface area (Å²) in [6.45, 7) is 2.73. The van der Waals surface area contributed by atoms with Crippen LogP contribution in [-0.4, -0.2) is 19.3 Å². The fourth-order valence-corrected chi connectivity index (χ4v) is 4.43. The molecule has 1 saturated heterocycles. The molecule has 1 aromatic rings. The Hall–Kier alpha value is -0.830. The lowest BCUT2D eigenvalue weighted by Gasteiger charge is -2.23. The quantitative estimate of drug-likeness (QED) is 0.743. The number of nitrogens with zero attached hydrogens (tertiary/aromatic N) is 1. The predicted octanol–water partition coefficient (Wildman–Crippen LogP) is 2.59. The van der Waals surface area contributed by atoms with Crippen molar-refractivity contribution < 1.29 is 13.6 Å². The molecule has 5 heteroatoms. The molecule has 1 unspecified atom stereocenters. The molecule has 0 spiro atoms. The minimum absolute atomic E-state index is 0.176. The summed E-state index contributed by atoms with van der Waals surface area (Å²) in [4.78, 5) is 0. The van der Waals surface area contributed by atoms with Gasteiger partial charge in [0, 0.05) is 0 Å². The second-order valence-corrected chi connectivity index (χ2v) is 5.90. The van der Waals surface area contributed by atoms with Crippen LogP contribution in [0.15, 0.2) is 24.3 Å². The Labute approximate surface area is 94.8 Å². The summed E-state index contributed by atoms with van der Waals surface area (Å²) in [6, 6.07) is 8.19. The summed E-state index contributed by atoms with van der Waals surface area (Å²) >= 11 is 0. The van der Waals surface area contributed by atoms with Crippen LogP contribution in [-0.2, 0) is 20.0 Å². The molecule has 0 radical (unpaired) electrons. The molecule has 2 aliphatic heterocycles. The zero-order chi connectivity index (χ0) is 11.2. The minimum atomic E-state index is -3.07. The van der Waals surface area contributed by atoms with E-state index >= 15 is 0 Å². The lowest BCUT2D eigenvalue weighted by atomic mass is 10.1. The Morgan fingerprint density at radius 3 is 3.19 bits per heavy atom. The maximum absolute atomic E-state index is 12.5. The van der Waals surface area contributed by atoms with Gasteiger partial charge in [0.05, 0.1) is 24.9 Å². The Bertz CT molecular complexity index is 456. The molecule has 2 heterocycles. The van der Waals surface area contributed by atoms with Crippen molar-refractivity contribution >= 4 is 13.4 Å². The molecule has 0 N–H and O–H groups in total. The van der Waals surface area contributed by atoms with Crippen LogP contribution in [0.2, 0.25) is 0 Å². The highest BCUT2D eigenvalue weighted by Crippen LogP contribution is 2.62. The van der Waals surface area contributed by atoms with Gasteiger partial charge in [0.15, 0.2) is 0 Å². The Morgan fingerprint density at radius 2 is 2.38 bits per heavy atom. The minimum Gasteiger partial charge on any atom is -0.292 e. The van der Waals surface area contributed by atoms with E-state index in [-0.39, 0.29) is 6.04 Å². The average Bonchev–Trinajstić information content (AvgIpc) is 2.78. The summed E-state index contributed by atoms with van der Waals surface area (Å²) in [5, 5.41) is 0. The molecule has 0 amide bonds. The fourth-order valence-electron chi connectivity index (χ4n) is 2.41. The molecular formula is C11H14NO3P. The van der Waals surface area contributed by atoms with E-state index in [0.29, 0.717) is 13.2 Å². The topological polar surface area (TPSA) is 38.8 Å². The first kappa shape index (κ1) is 10.3. The molecule has 0 aliphatic carbocycles. The van der Waals surface area contributed by atoms with E-state index < -0.39 is 7.75 Å². The predicted molar refractivity (Wildman–Crippen MR) is 61.6 cm³/mol. The number of benzene rings is 1. The van der Waals surface area contributed by atoms with Crippen molar-refractivity contribution in [3.05, 3.63) is 29.8 Å². The van der Waals surface area contributed by atoms with Crippen LogP contribution in [0, 0.1) is 0 Å². The number of hydrogen-bond donors (Lipinski definition) is 0. The van der Waals surface area contributed by atoms with Crippen molar-refractivity contribution in [2.24, 2.45) is 0 Å². The standard InChI is InChI=1S/C11H14NO3P/c1-2-14-16(13)12-10(8-15-16)7-9-5-3-4-6-11(9)12/h3-6,10H,2,7-8H2,1H3/t10-,16?/m0/s1. The summed E-state index contributed by atoms with van der Waals surface area (Å²) in [6.07, 6.45) is 0.896. The second-order valence-electron chi connectivity index (χ2n) is 4.01. The third kappa shape index (κ3) is 1.34. The van der Waals surface area contributed by atoms with Gasteiger partial charge in [-0.1, -0.05) is 18.2 Å². The molecule has 0 saturated carbocycles. The van der Waals surface area contributed by atoms with E-state index in [0.717, 1.165) is 12.1 Å². The van der Waals surface area contributed by atoms with Gasteiger partial charge in [0.1, 0.15) is 0 Å². The monoisotopic (exact) mass is 239 g/mol. The highest BCUT2D eigenvalue weighted by atomic mass is 31.2. The zero-order valence-corrected chi connectivity index (χ0v) is 10.0. The molecule has 1 aromatic carbocycles. The van der Waals surface area contributed by atoms with Gasteiger partial charge in [-0.2, -0.15) is 0 Å². The van der Waals surface area contributed by atoms with Gasteiger partial charge in [-0.05, 0) is 25.0 Å². The van der Waals surface area contributed by atoms with Crippen LogP contribution in [0.1, 0.15) is 12.5 Å². The normalized spacial score (nSPS) is 31.6. The van der Waals surface area contributed by atoms with Gasteiger partial charge in [0.25, 0.3) is 0 Å². The van der Waals surface area contributed by atoms with Crippen molar-refractivity contribution in [3.8, 4) is 0 Å². The SMILES string of the molecule is CCOP1(=O)OC[C@@H]2Cc3ccccc3N21. The maximum atomic E-state index is 12.5. The second kappa shape index (κ2) is 3.59. The lowest BCUT2D eigenvalue weighted by Crippen LogP contribution is -2.24. The van der Waals surface area contributed by atoms with Crippen molar-refractivity contribution in [3.63, 3.8) is 0 Å². The van der Waals surface area contributed by atoms with Gasteiger partial charge >= 0.3 is 7.75 Å². The Morgan fingerprint density at radius 1 is 1.56 bits per heavy atom. The number of fused-ring (bicyclic) bond motifs is 3. The number of para-hydroxylation sites is 1. The van der Waals surface area contributed by atoms with Crippen LogP contribution < -0.4 is 4.67 Å². The molecule has 0 bridgehead atoms. The molecule has 1 fully saturated rings. The first-order valence-corrected chi connectivity index (χ1v) is 7.01. The van der Waals surface area contributed by atoms with Crippen LogP contribution >= 0.6 is 7.75 Å². The number of hydrogen-bond acceptors (Lipinski definition) is 3. The van der Waals surface area contributed by atoms with E-state index in [9.17, 15) is 4.57 Å². The van der Waals surface area contributed by atoms with Crippen molar-refractivity contribution in [1.29, 1.82) is 0 Å². The van der Waals surface area contributed by atoms with Crippen molar-refractivity contribution in [2.45, 2.75) is 19.4 Å². The first-order chi connectivity index (χ1) is 7.74. The van der Waals surface area contributed by atoms with Gasteiger partial charge < -0.3 is 0 Å². The highest BCUT2D eigenvalue weighted by molar-refractivity contribution is 7.56. The van der Waals surface area contributed by atoms with Gasteiger partial charge in [-0.15, -0.1) is 0 Å². The molecule has 3 rings (SSSR count). The molecule has 16 heavy (non-hydrogen) atoms. The molecule has 0 aromatic heterocycles. The Balaban J connectivity index is 2.03.